The van der Waals surface area contributed by atoms with Gasteiger partial charge in [-0.15, -0.1) is 0 Å². The van der Waals surface area contributed by atoms with Crippen LogP contribution in [-0.4, -0.2) is 37.2 Å². The SMILES string of the molecule is CCCCCCCCCCCCCCCCCCCCCC(=O)O[C@@H](COC(=O)CCCCCCCCCCCCCCCCCCC(C)C)COC(=O)CCCCCCCCCCCCCC(C)C. The van der Waals surface area contributed by atoms with E-state index in [0.717, 1.165) is 69.6 Å². The quantitative estimate of drug-likeness (QED) is 0.0343. The van der Waals surface area contributed by atoms with Crippen LogP contribution in [0.2, 0.25) is 0 Å². The molecule has 0 heterocycles. The zero-order chi connectivity index (χ0) is 51.1. The van der Waals surface area contributed by atoms with Gasteiger partial charge in [0.1, 0.15) is 13.2 Å². The first-order chi connectivity index (χ1) is 34.2. The molecule has 0 saturated carbocycles. The van der Waals surface area contributed by atoms with Gasteiger partial charge < -0.3 is 14.2 Å². The average Bonchev–Trinajstić information content (AvgIpc) is 3.33. The lowest BCUT2D eigenvalue weighted by Gasteiger charge is -2.18. The van der Waals surface area contributed by atoms with Crippen molar-refractivity contribution in [3.63, 3.8) is 0 Å². The third kappa shape index (κ3) is 57.3. The summed E-state index contributed by atoms with van der Waals surface area (Å²) in [5.41, 5.74) is 0. The van der Waals surface area contributed by atoms with Crippen molar-refractivity contribution in [3.8, 4) is 0 Å². The molecule has 0 aliphatic carbocycles. The van der Waals surface area contributed by atoms with Crippen LogP contribution in [0, 0.1) is 11.8 Å². The predicted octanol–water partition coefficient (Wildman–Crippen LogP) is 21.2. The van der Waals surface area contributed by atoms with E-state index in [4.69, 9.17) is 14.2 Å². The van der Waals surface area contributed by atoms with Gasteiger partial charge in [0, 0.05) is 19.3 Å². The molecule has 70 heavy (non-hydrogen) atoms. The molecule has 0 rings (SSSR count). The summed E-state index contributed by atoms with van der Waals surface area (Å²) in [7, 11) is 0. The highest BCUT2D eigenvalue weighted by atomic mass is 16.6. The number of carbonyl (C=O) groups is 3. The summed E-state index contributed by atoms with van der Waals surface area (Å²) in [6, 6.07) is 0. The summed E-state index contributed by atoms with van der Waals surface area (Å²) in [4.78, 5) is 38.3. The van der Waals surface area contributed by atoms with Gasteiger partial charge >= 0.3 is 17.9 Å². The summed E-state index contributed by atoms with van der Waals surface area (Å²) in [6.45, 7) is 11.4. The Hall–Kier alpha value is -1.59. The van der Waals surface area contributed by atoms with Gasteiger partial charge in [-0.25, -0.2) is 0 Å². The topological polar surface area (TPSA) is 78.9 Å². The minimum absolute atomic E-state index is 0.0621. The Bertz CT molecular complexity index is 1070. The van der Waals surface area contributed by atoms with Crippen molar-refractivity contribution >= 4 is 17.9 Å². The number of unbranched alkanes of at least 4 members (excludes halogenated alkanes) is 43. The first-order valence-electron chi connectivity index (χ1n) is 31.7. The normalized spacial score (nSPS) is 12.0. The van der Waals surface area contributed by atoms with E-state index in [2.05, 4.69) is 34.6 Å². The van der Waals surface area contributed by atoms with Crippen LogP contribution in [0.3, 0.4) is 0 Å². The number of hydrogen-bond donors (Lipinski definition) is 0. The van der Waals surface area contributed by atoms with Crippen LogP contribution in [-0.2, 0) is 28.6 Å². The fourth-order valence-corrected chi connectivity index (χ4v) is 9.93. The Morgan fingerprint density at radius 2 is 0.471 bits per heavy atom. The molecule has 0 aromatic carbocycles. The minimum atomic E-state index is -0.764. The Morgan fingerprint density at radius 3 is 0.700 bits per heavy atom. The van der Waals surface area contributed by atoms with Crippen molar-refractivity contribution in [2.24, 2.45) is 11.8 Å². The molecule has 0 N–H and O–H groups in total. The Kier molecular flexibility index (Phi) is 55.4. The molecule has 0 saturated heterocycles. The Labute approximate surface area is 438 Å². The molecule has 0 fully saturated rings. The van der Waals surface area contributed by atoms with Crippen molar-refractivity contribution in [1.29, 1.82) is 0 Å². The monoisotopic (exact) mass is 989 g/mol. The Balaban J connectivity index is 4.27. The summed E-state index contributed by atoms with van der Waals surface area (Å²) in [5.74, 6) is 0.847. The van der Waals surface area contributed by atoms with Crippen LogP contribution in [0.5, 0.6) is 0 Å². The molecule has 1 atom stereocenters. The minimum Gasteiger partial charge on any atom is -0.462 e. The van der Waals surface area contributed by atoms with Gasteiger partial charge in [0.15, 0.2) is 6.10 Å². The lowest BCUT2D eigenvalue weighted by Crippen LogP contribution is -2.30. The van der Waals surface area contributed by atoms with E-state index < -0.39 is 6.10 Å². The van der Waals surface area contributed by atoms with E-state index in [1.807, 2.05) is 0 Å². The molecular weight excluding hydrogens is 865 g/mol. The number of carbonyl (C=O) groups excluding carboxylic acids is 3. The maximum Gasteiger partial charge on any atom is 0.306 e. The molecule has 0 aromatic rings. The van der Waals surface area contributed by atoms with E-state index in [1.165, 1.54) is 250 Å². The first kappa shape index (κ1) is 68.4. The van der Waals surface area contributed by atoms with Crippen LogP contribution in [0.25, 0.3) is 0 Å². The van der Waals surface area contributed by atoms with Crippen LogP contribution in [0.1, 0.15) is 362 Å². The molecule has 416 valence electrons. The van der Waals surface area contributed by atoms with E-state index in [-0.39, 0.29) is 31.1 Å². The van der Waals surface area contributed by atoms with Gasteiger partial charge in [-0.05, 0) is 31.1 Å². The maximum absolute atomic E-state index is 12.9. The number of hydrogen-bond acceptors (Lipinski definition) is 6. The molecule has 0 spiro atoms. The van der Waals surface area contributed by atoms with Gasteiger partial charge in [0.2, 0.25) is 0 Å². The van der Waals surface area contributed by atoms with Gasteiger partial charge in [-0.3, -0.25) is 14.4 Å². The maximum atomic E-state index is 12.9. The van der Waals surface area contributed by atoms with Crippen LogP contribution < -0.4 is 0 Å². The van der Waals surface area contributed by atoms with Gasteiger partial charge in [0.05, 0.1) is 0 Å². The molecule has 6 heteroatoms. The molecule has 0 aromatic heterocycles. The van der Waals surface area contributed by atoms with Crippen molar-refractivity contribution in [2.45, 2.75) is 368 Å². The standard InChI is InChI=1S/C64H124O6/c1-6-7-8-9-10-11-12-13-14-15-16-17-22-25-30-36-41-46-51-56-64(67)70-61(58-69-63(66)55-50-45-40-35-31-26-28-33-38-43-48-53-60(4)5)57-68-62(65)54-49-44-39-34-29-24-21-19-18-20-23-27-32-37-42-47-52-59(2)3/h59-61H,6-58H2,1-5H3/t61-/m0/s1. The van der Waals surface area contributed by atoms with Crippen LogP contribution in [0.15, 0.2) is 0 Å². The van der Waals surface area contributed by atoms with E-state index in [9.17, 15) is 14.4 Å². The Morgan fingerprint density at radius 1 is 0.271 bits per heavy atom. The van der Waals surface area contributed by atoms with Crippen LogP contribution >= 0.6 is 0 Å². The average molecular weight is 990 g/mol. The van der Waals surface area contributed by atoms with Crippen molar-refractivity contribution < 1.29 is 28.6 Å². The largest absolute Gasteiger partial charge is 0.462 e. The fraction of sp³-hybridized carbons (Fsp3) is 0.953. The third-order valence-corrected chi connectivity index (χ3v) is 14.7. The van der Waals surface area contributed by atoms with Crippen molar-refractivity contribution in [3.05, 3.63) is 0 Å². The highest BCUT2D eigenvalue weighted by molar-refractivity contribution is 5.71. The second-order valence-corrected chi connectivity index (χ2v) is 23.0. The molecule has 0 unspecified atom stereocenters. The number of ether oxygens (including phenoxy) is 3. The fourth-order valence-electron chi connectivity index (χ4n) is 9.93. The third-order valence-electron chi connectivity index (χ3n) is 14.7. The molecule has 0 bridgehead atoms. The molecule has 0 aliphatic rings. The van der Waals surface area contributed by atoms with Crippen LogP contribution in [0.4, 0.5) is 0 Å². The first-order valence-corrected chi connectivity index (χ1v) is 31.7. The van der Waals surface area contributed by atoms with E-state index in [1.54, 1.807) is 0 Å². The van der Waals surface area contributed by atoms with E-state index >= 15 is 0 Å². The summed E-state index contributed by atoms with van der Waals surface area (Å²) < 4.78 is 17.0. The molecule has 6 nitrogen and oxygen atoms in total. The predicted molar refractivity (Wildman–Crippen MR) is 303 cm³/mol. The second-order valence-electron chi connectivity index (χ2n) is 23.0. The molecule has 0 amide bonds. The highest BCUT2D eigenvalue weighted by Crippen LogP contribution is 2.19. The zero-order valence-electron chi connectivity index (χ0n) is 48.2. The number of esters is 3. The van der Waals surface area contributed by atoms with Crippen molar-refractivity contribution in [2.75, 3.05) is 13.2 Å². The molecule has 0 radical (unpaired) electrons. The summed E-state index contributed by atoms with van der Waals surface area (Å²) >= 11 is 0. The van der Waals surface area contributed by atoms with Crippen molar-refractivity contribution in [1.82, 2.24) is 0 Å². The van der Waals surface area contributed by atoms with Gasteiger partial charge in [-0.1, -0.05) is 324 Å². The second kappa shape index (κ2) is 56.7. The lowest BCUT2D eigenvalue weighted by molar-refractivity contribution is -0.167. The van der Waals surface area contributed by atoms with Gasteiger partial charge in [0.25, 0.3) is 0 Å². The molecule has 0 aliphatic heterocycles. The smallest absolute Gasteiger partial charge is 0.306 e. The summed E-state index contributed by atoms with van der Waals surface area (Å²) in [6.07, 6.45) is 62.5. The number of rotatable bonds is 58. The highest BCUT2D eigenvalue weighted by Gasteiger charge is 2.19. The molecular formula is C64H124O6. The van der Waals surface area contributed by atoms with Gasteiger partial charge in [-0.2, -0.15) is 0 Å². The van der Waals surface area contributed by atoms with E-state index in [0.29, 0.717) is 19.3 Å². The summed E-state index contributed by atoms with van der Waals surface area (Å²) in [5, 5.41) is 0. The lowest BCUT2D eigenvalue weighted by atomic mass is 10.0. The zero-order valence-corrected chi connectivity index (χ0v) is 48.2.